The summed E-state index contributed by atoms with van der Waals surface area (Å²) in [6, 6.07) is 5.14. The van der Waals surface area contributed by atoms with Crippen LogP contribution in [0.4, 0.5) is 4.39 Å². The minimum Gasteiger partial charge on any atom is -0.314 e. The molecule has 0 radical (unpaired) electrons. The molecule has 0 bridgehead atoms. The number of rotatable bonds is 5. The quantitative estimate of drug-likeness (QED) is 0.816. The van der Waals surface area contributed by atoms with Gasteiger partial charge >= 0.3 is 0 Å². The number of halogens is 2. The Morgan fingerprint density at radius 2 is 2.20 bits per heavy atom. The molecule has 0 aliphatic heterocycles. The van der Waals surface area contributed by atoms with Gasteiger partial charge in [0.2, 0.25) is 0 Å². The van der Waals surface area contributed by atoms with Gasteiger partial charge in [-0.25, -0.2) is 4.39 Å². The van der Waals surface area contributed by atoms with E-state index in [1.165, 1.54) is 6.07 Å². The lowest BCUT2D eigenvalue weighted by molar-refractivity contribution is 0.525. The van der Waals surface area contributed by atoms with Crippen LogP contribution in [-0.2, 0) is 6.42 Å². The SMILES string of the molecule is CCCNC(C)Cc1ccc(Cl)cc1F. The molecule has 15 heavy (non-hydrogen) atoms. The second kappa shape index (κ2) is 6.09. The van der Waals surface area contributed by atoms with Crippen LogP contribution in [0.2, 0.25) is 5.02 Å². The minimum absolute atomic E-state index is 0.215. The summed E-state index contributed by atoms with van der Waals surface area (Å²) in [5.74, 6) is -0.215. The highest BCUT2D eigenvalue weighted by atomic mass is 35.5. The summed E-state index contributed by atoms with van der Waals surface area (Å²) in [5, 5.41) is 3.77. The topological polar surface area (TPSA) is 12.0 Å². The monoisotopic (exact) mass is 229 g/mol. The summed E-state index contributed by atoms with van der Waals surface area (Å²) in [6.45, 7) is 5.14. The maximum absolute atomic E-state index is 13.4. The Kier molecular flexibility index (Phi) is 5.06. The fraction of sp³-hybridized carbons (Fsp3) is 0.500. The molecule has 0 aromatic heterocycles. The van der Waals surface area contributed by atoms with Gasteiger partial charge in [0.1, 0.15) is 5.82 Å². The molecule has 1 atom stereocenters. The molecule has 0 fully saturated rings. The second-order valence-electron chi connectivity index (χ2n) is 3.80. The molecule has 1 unspecified atom stereocenters. The molecule has 0 spiro atoms. The summed E-state index contributed by atoms with van der Waals surface area (Å²) >= 11 is 5.68. The summed E-state index contributed by atoms with van der Waals surface area (Å²) in [7, 11) is 0. The maximum Gasteiger partial charge on any atom is 0.127 e. The van der Waals surface area contributed by atoms with E-state index in [-0.39, 0.29) is 5.82 Å². The molecule has 1 aromatic rings. The van der Waals surface area contributed by atoms with Crippen LogP contribution in [0.1, 0.15) is 25.8 Å². The molecule has 84 valence electrons. The van der Waals surface area contributed by atoms with Crippen LogP contribution in [0, 0.1) is 5.82 Å². The number of hydrogen-bond acceptors (Lipinski definition) is 1. The van der Waals surface area contributed by atoms with Crippen LogP contribution in [0.3, 0.4) is 0 Å². The Hall–Kier alpha value is -0.600. The van der Waals surface area contributed by atoms with Crippen molar-refractivity contribution in [1.82, 2.24) is 5.32 Å². The molecule has 1 N–H and O–H groups in total. The van der Waals surface area contributed by atoms with Crippen LogP contribution in [0.25, 0.3) is 0 Å². The van der Waals surface area contributed by atoms with Crippen molar-refractivity contribution in [1.29, 1.82) is 0 Å². The van der Waals surface area contributed by atoms with Gasteiger partial charge in [-0.1, -0.05) is 24.6 Å². The highest BCUT2D eigenvalue weighted by Gasteiger charge is 2.07. The summed E-state index contributed by atoms with van der Waals surface area (Å²) in [6.07, 6.45) is 1.79. The first-order valence-corrected chi connectivity index (χ1v) is 5.68. The fourth-order valence-electron chi connectivity index (χ4n) is 1.48. The Morgan fingerprint density at radius 3 is 2.80 bits per heavy atom. The Morgan fingerprint density at radius 1 is 1.47 bits per heavy atom. The van der Waals surface area contributed by atoms with Gasteiger partial charge in [0.15, 0.2) is 0 Å². The standard InChI is InChI=1S/C12H17ClFN/c1-3-6-15-9(2)7-10-4-5-11(13)8-12(10)14/h4-5,8-9,15H,3,6-7H2,1-2H3. The normalized spacial score (nSPS) is 12.8. The zero-order valence-electron chi connectivity index (χ0n) is 9.19. The molecule has 0 aliphatic carbocycles. The van der Waals surface area contributed by atoms with Gasteiger partial charge < -0.3 is 5.32 Å². The van der Waals surface area contributed by atoms with Gasteiger partial charge in [-0.2, -0.15) is 0 Å². The molecule has 0 saturated heterocycles. The minimum atomic E-state index is -0.215. The average molecular weight is 230 g/mol. The Bertz CT molecular complexity index is 314. The summed E-state index contributed by atoms with van der Waals surface area (Å²) < 4.78 is 13.4. The van der Waals surface area contributed by atoms with E-state index in [1.54, 1.807) is 12.1 Å². The summed E-state index contributed by atoms with van der Waals surface area (Å²) in [5.41, 5.74) is 0.718. The zero-order chi connectivity index (χ0) is 11.3. The van der Waals surface area contributed by atoms with E-state index in [0.29, 0.717) is 17.5 Å². The molecular weight excluding hydrogens is 213 g/mol. The van der Waals surface area contributed by atoms with E-state index in [4.69, 9.17) is 11.6 Å². The third-order valence-corrected chi connectivity index (χ3v) is 2.52. The van der Waals surface area contributed by atoms with Crippen LogP contribution in [0.15, 0.2) is 18.2 Å². The Labute approximate surface area is 95.6 Å². The molecule has 1 rings (SSSR count). The van der Waals surface area contributed by atoms with Crippen LogP contribution >= 0.6 is 11.6 Å². The van der Waals surface area contributed by atoms with Crippen molar-refractivity contribution in [3.8, 4) is 0 Å². The van der Waals surface area contributed by atoms with E-state index in [2.05, 4.69) is 19.2 Å². The van der Waals surface area contributed by atoms with Crippen molar-refractivity contribution in [3.63, 3.8) is 0 Å². The van der Waals surface area contributed by atoms with Crippen molar-refractivity contribution >= 4 is 11.6 Å². The van der Waals surface area contributed by atoms with Crippen LogP contribution < -0.4 is 5.32 Å². The molecule has 1 nitrogen and oxygen atoms in total. The first-order valence-electron chi connectivity index (χ1n) is 5.30. The average Bonchev–Trinajstić information content (AvgIpc) is 2.19. The summed E-state index contributed by atoms with van der Waals surface area (Å²) in [4.78, 5) is 0. The highest BCUT2D eigenvalue weighted by Crippen LogP contribution is 2.15. The van der Waals surface area contributed by atoms with Gasteiger partial charge in [-0.15, -0.1) is 0 Å². The lowest BCUT2D eigenvalue weighted by atomic mass is 10.1. The van der Waals surface area contributed by atoms with E-state index < -0.39 is 0 Å². The zero-order valence-corrected chi connectivity index (χ0v) is 9.94. The van der Waals surface area contributed by atoms with Gasteiger partial charge in [0, 0.05) is 11.1 Å². The van der Waals surface area contributed by atoms with Gasteiger partial charge in [-0.3, -0.25) is 0 Å². The molecule has 0 aliphatic rings. The second-order valence-corrected chi connectivity index (χ2v) is 4.23. The molecule has 1 aromatic carbocycles. The van der Waals surface area contributed by atoms with Gasteiger partial charge in [-0.05, 0) is 44.0 Å². The molecular formula is C12H17ClFN. The third-order valence-electron chi connectivity index (χ3n) is 2.28. The Balaban J connectivity index is 2.56. The van der Waals surface area contributed by atoms with Crippen LogP contribution in [0.5, 0.6) is 0 Å². The van der Waals surface area contributed by atoms with E-state index >= 15 is 0 Å². The van der Waals surface area contributed by atoms with Crippen molar-refractivity contribution < 1.29 is 4.39 Å². The molecule has 3 heteroatoms. The first kappa shape index (κ1) is 12.5. The predicted octanol–water partition coefficient (Wildman–Crippen LogP) is 3.41. The smallest absolute Gasteiger partial charge is 0.127 e. The van der Waals surface area contributed by atoms with E-state index in [0.717, 1.165) is 18.5 Å². The first-order chi connectivity index (χ1) is 7.13. The molecule has 0 saturated carbocycles. The number of hydrogen-bond donors (Lipinski definition) is 1. The van der Waals surface area contributed by atoms with E-state index in [9.17, 15) is 4.39 Å². The van der Waals surface area contributed by atoms with E-state index in [1.807, 2.05) is 0 Å². The lowest BCUT2D eigenvalue weighted by Gasteiger charge is -2.13. The third kappa shape index (κ3) is 4.18. The van der Waals surface area contributed by atoms with Crippen LogP contribution in [-0.4, -0.2) is 12.6 Å². The predicted molar refractivity (Wildman–Crippen MR) is 62.9 cm³/mol. The van der Waals surface area contributed by atoms with Gasteiger partial charge in [0.25, 0.3) is 0 Å². The molecule has 0 amide bonds. The van der Waals surface area contributed by atoms with Gasteiger partial charge in [0.05, 0.1) is 0 Å². The number of benzene rings is 1. The number of nitrogens with one attached hydrogen (secondary N) is 1. The van der Waals surface area contributed by atoms with Crippen molar-refractivity contribution in [2.45, 2.75) is 32.7 Å². The molecule has 0 heterocycles. The van der Waals surface area contributed by atoms with Crippen molar-refractivity contribution in [3.05, 3.63) is 34.6 Å². The van der Waals surface area contributed by atoms with Crippen molar-refractivity contribution in [2.24, 2.45) is 0 Å². The largest absolute Gasteiger partial charge is 0.314 e. The fourth-order valence-corrected chi connectivity index (χ4v) is 1.64. The maximum atomic E-state index is 13.4. The van der Waals surface area contributed by atoms with Crippen molar-refractivity contribution in [2.75, 3.05) is 6.54 Å². The lowest BCUT2D eigenvalue weighted by Crippen LogP contribution is -2.28. The highest BCUT2D eigenvalue weighted by molar-refractivity contribution is 6.30.